The molecule has 1 atom stereocenters. The second kappa shape index (κ2) is 5.89. The number of carbonyl (C=O) groups is 1. The zero-order chi connectivity index (χ0) is 13.0. The van der Waals surface area contributed by atoms with E-state index in [1.165, 1.54) is 25.7 Å². The van der Waals surface area contributed by atoms with E-state index in [4.69, 9.17) is 5.73 Å². The van der Waals surface area contributed by atoms with Crippen molar-refractivity contribution in [2.45, 2.75) is 45.1 Å². The third-order valence-corrected chi connectivity index (χ3v) is 3.87. The summed E-state index contributed by atoms with van der Waals surface area (Å²) in [6, 6.07) is 8.40. The average molecular weight is 246 g/mol. The van der Waals surface area contributed by atoms with Crippen LogP contribution in [0.5, 0.6) is 0 Å². The fraction of sp³-hybridized carbons (Fsp3) is 0.533. The molecule has 1 aliphatic carbocycles. The van der Waals surface area contributed by atoms with Crippen LogP contribution in [-0.4, -0.2) is 11.9 Å². The van der Waals surface area contributed by atoms with Crippen molar-refractivity contribution < 1.29 is 4.79 Å². The Kier molecular flexibility index (Phi) is 4.24. The summed E-state index contributed by atoms with van der Waals surface area (Å²) in [5.41, 5.74) is 7.33. The molecule has 0 aliphatic heterocycles. The lowest BCUT2D eigenvalue weighted by Crippen LogP contribution is -2.25. The molecule has 1 aromatic carbocycles. The SMILES string of the molecule is CC(Nc1ccccc1CC(N)=O)C1CCCC1. The predicted octanol–water partition coefficient (Wildman–Crippen LogP) is 2.71. The van der Waals surface area contributed by atoms with Gasteiger partial charge >= 0.3 is 0 Å². The maximum Gasteiger partial charge on any atom is 0.221 e. The van der Waals surface area contributed by atoms with Crippen LogP contribution in [0.15, 0.2) is 24.3 Å². The Morgan fingerprint density at radius 1 is 1.39 bits per heavy atom. The molecule has 0 heterocycles. The molecule has 0 saturated heterocycles. The summed E-state index contributed by atoms with van der Waals surface area (Å²) in [6.45, 7) is 2.23. The molecule has 1 aliphatic rings. The van der Waals surface area contributed by atoms with Crippen molar-refractivity contribution in [3.8, 4) is 0 Å². The molecule has 2 rings (SSSR count). The minimum Gasteiger partial charge on any atom is -0.382 e. The topological polar surface area (TPSA) is 55.1 Å². The van der Waals surface area contributed by atoms with Crippen molar-refractivity contribution in [3.63, 3.8) is 0 Å². The number of para-hydroxylation sites is 1. The molecule has 1 saturated carbocycles. The van der Waals surface area contributed by atoms with Gasteiger partial charge in [-0.1, -0.05) is 31.0 Å². The summed E-state index contributed by atoms with van der Waals surface area (Å²) in [7, 11) is 0. The van der Waals surface area contributed by atoms with Gasteiger partial charge in [-0.25, -0.2) is 0 Å². The number of rotatable bonds is 5. The van der Waals surface area contributed by atoms with Crippen LogP contribution in [0.2, 0.25) is 0 Å². The van der Waals surface area contributed by atoms with E-state index in [2.05, 4.69) is 12.2 Å². The van der Waals surface area contributed by atoms with Crippen LogP contribution in [0.3, 0.4) is 0 Å². The highest BCUT2D eigenvalue weighted by Crippen LogP contribution is 2.29. The monoisotopic (exact) mass is 246 g/mol. The van der Waals surface area contributed by atoms with Crippen LogP contribution in [0, 0.1) is 5.92 Å². The lowest BCUT2D eigenvalue weighted by Gasteiger charge is -2.23. The van der Waals surface area contributed by atoms with Crippen molar-refractivity contribution >= 4 is 11.6 Å². The quantitative estimate of drug-likeness (QED) is 0.839. The second-order valence-electron chi connectivity index (χ2n) is 5.28. The average Bonchev–Trinajstić information content (AvgIpc) is 2.84. The van der Waals surface area contributed by atoms with E-state index in [9.17, 15) is 4.79 Å². The molecule has 1 unspecified atom stereocenters. The molecule has 3 N–H and O–H groups in total. The zero-order valence-corrected chi connectivity index (χ0v) is 11.0. The molecule has 1 amide bonds. The molecule has 0 bridgehead atoms. The van der Waals surface area contributed by atoms with Crippen LogP contribution < -0.4 is 11.1 Å². The van der Waals surface area contributed by atoms with Crippen molar-refractivity contribution in [1.29, 1.82) is 0 Å². The van der Waals surface area contributed by atoms with E-state index in [-0.39, 0.29) is 5.91 Å². The third kappa shape index (κ3) is 3.25. The molecule has 1 aromatic rings. The number of hydrogen-bond donors (Lipinski definition) is 2. The molecule has 0 aromatic heterocycles. The summed E-state index contributed by atoms with van der Waals surface area (Å²) in [4.78, 5) is 11.1. The molecular formula is C15H22N2O. The Labute approximate surface area is 109 Å². The molecule has 3 heteroatoms. The van der Waals surface area contributed by atoms with Crippen LogP contribution >= 0.6 is 0 Å². The Morgan fingerprint density at radius 3 is 2.72 bits per heavy atom. The predicted molar refractivity (Wildman–Crippen MR) is 74.4 cm³/mol. The summed E-state index contributed by atoms with van der Waals surface area (Å²) in [6.07, 6.45) is 5.62. The summed E-state index contributed by atoms with van der Waals surface area (Å²) in [5, 5.41) is 3.55. The smallest absolute Gasteiger partial charge is 0.221 e. The zero-order valence-electron chi connectivity index (χ0n) is 11.0. The van der Waals surface area contributed by atoms with Gasteiger partial charge in [-0.3, -0.25) is 4.79 Å². The number of benzene rings is 1. The van der Waals surface area contributed by atoms with Crippen molar-refractivity contribution in [2.24, 2.45) is 11.7 Å². The third-order valence-electron chi connectivity index (χ3n) is 3.87. The van der Waals surface area contributed by atoms with Gasteiger partial charge in [0.15, 0.2) is 0 Å². The van der Waals surface area contributed by atoms with Gasteiger partial charge in [-0.15, -0.1) is 0 Å². The molecule has 18 heavy (non-hydrogen) atoms. The molecule has 98 valence electrons. The maximum absolute atomic E-state index is 11.1. The van der Waals surface area contributed by atoms with Gasteiger partial charge < -0.3 is 11.1 Å². The van der Waals surface area contributed by atoms with E-state index < -0.39 is 0 Å². The number of nitrogens with one attached hydrogen (secondary N) is 1. The molecule has 3 nitrogen and oxygen atoms in total. The van der Waals surface area contributed by atoms with Gasteiger partial charge in [0.05, 0.1) is 6.42 Å². The number of anilines is 1. The lowest BCUT2D eigenvalue weighted by atomic mass is 9.98. The molecular weight excluding hydrogens is 224 g/mol. The van der Waals surface area contributed by atoms with E-state index in [0.717, 1.165) is 17.2 Å². The highest BCUT2D eigenvalue weighted by Gasteiger charge is 2.21. The van der Waals surface area contributed by atoms with E-state index in [1.54, 1.807) is 0 Å². The van der Waals surface area contributed by atoms with Crippen molar-refractivity contribution in [2.75, 3.05) is 5.32 Å². The Balaban J connectivity index is 2.05. The highest BCUT2D eigenvalue weighted by molar-refractivity contribution is 5.78. The van der Waals surface area contributed by atoms with Gasteiger partial charge in [-0.2, -0.15) is 0 Å². The largest absolute Gasteiger partial charge is 0.382 e. The first-order chi connectivity index (χ1) is 8.66. The summed E-state index contributed by atoms with van der Waals surface area (Å²) in [5.74, 6) is 0.476. The van der Waals surface area contributed by atoms with Crippen LogP contribution in [-0.2, 0) is 11.2 Å². The number of carbonyl (C=O) groups excluding carboxylic acids is 1. The van der Waals surface area contributed by atoms with Gasteiger partial charge in [0, 0.05) is 11.7 Å². The molecule has 0 radical (unpaired) electrons. The number of amides is 1. The van der Waals surface area contributed by atoms with Crippen LogP contribution in [0.4, 0.5) is 5.69 Å². The lowest BCUT2D eigenvalue weighted by molar-refractivity contribution is -0.117. The van der Waals surface area contributed by atoms with Gasteiger partial charge in [-0.05, 0) is 37.3 Å². The van der Waals surface area contributed by atoms with Crippen molar-refractivity contribution in [3.05, 3.63) is 29.8 Å². The second-order valence-corrected chi connectivity index (χ2v) is 5.28. The molecule has 1 fully saturated rings. The van der Waals surface area contributed by atoms with E-state index >= 15 is 0 Å². The highest BCUT2D eigenvalue weighted by atomic mass is 16.1. The standard InChI is InChI=1S/C15H22N2O/c1-11(12-6-2-3-7-12)17-14-9-5-4-8-13(14)10-15(16)18/h4-5,8-9,11-12,17H,2-3,6-7,10H2,1H3,(H2,16,18). The van der Waals surface area contributed by atoms with E-state index in [0.29, 0.717) is 12.5 Å². The van der Waals surface area contributed by atoms with Crippen LogP contribution in [0.1, 0.15) is 38.2 Å². The number of primary amides is 1. The Hall–Kier alpha value is -1.51. The van der Waals surface area contributed by atoms with Gasteiger partial charge in [0.1, 0.15) is 0 Å². The van der Waals surface area contributed by atoms with Gasteiger partial charge in [0.25, 0.3) is 0 Å². The fourth-order valence-corrected chi connectivity index (χ4v) is 2.82. The van der Waals surface area contributed by atoms with Crippen molar-refractivity contribution in [1.82, 2.24) is 0 Å². The summed E-state index contributed by atoms with van der Waals surface area (Å²) >= 11 is 0. The Bertz CT molecular complexity index is 411. The number of nitrogens with two attached hydrogens (primary N) is 1. The summed E-state index contributed by atoms with van der Waals surface area (Å²) < 4.78 is 0. The number of hydrogen-bond acceptors (Lipinski definition) is 2. The fourth-order valence-electron chi connectivity index (χ4n) is 2.82. The van der Waals surface area contributed by atoms with E-state index in [1.807, 2.05) is 24.3 Å². The first-order valence-electron chi connectivity index (χ1n) is 6.79. The first-order valence-corrected chi connectivity index (χ1v) is 6.79. The maximum atomic E-state index is 11.1. The minimum atomic E-state index is -0.280. The minimum absolute atomic E-state index is 0.280. The Morgan fingerprint density at radius 2 is 2.06 bits per heavy atom. The first kappa shape index (κ1) is 12.9. The van der Waals surface area contributed by atoms with Gasteiger partial charge in [0.2, 0.25) is 5.91 Å². The molecule has 0 spiro atoms. The normalized spacial score (nSPS) is 17.6. The van der Waals surface area contributed by atoms with Crippen LogP contribution in [0.25, 0.3) is 0 Å².